The van der Waals surface area contributed by atoms with Crippen molar-refractivity contribution < 1.29 is 9.59 Å². The summed E-state index contributed by atoms with van der Waals surface area (Å²) in [5.74, 6) is -0.102. The highest BCUT2D eigenvalue weighted by Crippen LogP contribution is 2.32. The minimum Gasteiger partial charge on any atom is -0.352 e. The SMILES string of the molecule is CCn1nc(C(=O)N2CCC[C@H]2c2ccc(CNC(C)=O)cn2)cc1C. The summed E-state index contributed by atoms with van der Waals surface area (Å²) in [6.45, 7) is 7.40. The molecule has 2 aromatic rings. The number of carbonyl (C=O) groups is 2. The first-order chi connectivity index (χ1) is 12.5. The van der Waals surface area contributed by atoms with Crippen molar-refractivity contribution in [3.8, 4) is 0 Å². The molecular formula is C19H25N5O2. The van der Waals surface area contributed by atoms with Crippen LogP contribution in [0.15, 0.2) is 24.4 Å². The predicted molar refractivity (Wildman–Crippen MR) is 97.4 cm³/mol. The van der Waals surface area contributed by atoms with Gasteiger partial charge in [0, 0.05) is 38.4 Å². The van der Waals surface area contributed by atoms with Crippen molar-refractivity contribution in [1.82, 2.24) is 25.0 Å². The molecule has 3 heterocycles. The second-order valence-electron chi connectivity index (χ2n) is 6.64. The second kappa shape index (κ2) is 7.68. The van der Waals surface area contributed by atoms with Crippen molar-refractivity contribution in [3.05, 3.63) is 47.0 Å². The van der Waals surface area contributed by atoms with Crippen molar-refractivity contribution in [3.63, 3.8) is 0 Å². The Morgan fingerprint density at radius 1 is 1.35 bits per heavy atom. The first-order valence-corrected chi connectivity index (χ1v) is 9.04. The molecule has 1 aliphatic heterocycles. The molecule has 0 saturated carbocycles. The van der Waals surface area contributed by atoms with Gasteiger partial charge in [0.25, 0.3) is 5.91 Å². The fourth-order valence-electron chi connectivity index (χ4n) is 3.36. The van der Waals surface area contributed by atoms with Gasteiger partial charge < -0.3 is 10.2 Å². The molecule has 138 valence electrons. The smallest absolute Gasteiger partial charge is 0.274 e. The maximum absolute atomic E-state index is 12.9. The lowest BCUT2D eigenvalue weighted by Gasteiger charge is -2.23. The zero-order chi connectivity index (χ0) is 18.7. The highest BCUT2D eigenvalue weighted by atomic mass is 16.2. The number of likely N-dealkylation sites (tertiary alicyclic amines) is 1. The van der Waals surface area contributed by atoms with Crippen molar-refractivity contribution in [1.29, 1.82) is 0 Å². The molecule has 2 aromatic heterocycles. The largest absolute Gasteiger partial charge is 0.352 e. The van der Waals surface area contributed by atoms with Crippen LogP contribution < -0.4 is 5.32 Å². The summed E-state index contributed by atoms with van der Waals surface area (Å²) in [6.07, 6.45) is 3.62. The second-order valence-corrected chi connectivity index (χ2v) is 6.64. The molecule has 0 unspecified atom stereocenters. The zero-order valence-corrected chi connectivity index (χ0v) is 15.5. The zero-order valence-electron chi connectivity index (χ0n) is 15.5. The lowest BCUT2D eigenvalue weighted by atomic mass is 10.1. The fourth-order valence-corrected chi connectivity index (χ4v) is 3.36. The number of aryl methyl sites for hydroxylation is 2. The van der Waals surface area contributed by atoms with Crippen molar-refractivity contribution in [2.75, 3.05) is 6.54 Å². The van der Waals surface area contributed by atoms with E-state index in [4.69, 9.17) is 0 Å². The summed E-state index contributed by atoms with van der Waals surface area (Å²) in [5, 5.41) is 7.18. The third kappa shape index (κ3) is 3.76. The number of rotatable bonds is 5. The molecular weight excluding hydrogens is 330 g/mol. The number of carbonyl (C=O) groups excluding carboxylic acids is 2. The molecule has 1 fully saturated rings. The van der Waals surface area contributed by atoms with Gasteiger partial charge in [-0.05, 0) is 44.4 Å². The Bertz CT molecular complexity index is 797. The van der Waals surface area contributed by atoms with E-state index in [1.165, 1.54) is 6.92 Å². The summed E-state index contributed by atoms with van der Waals surface area (Å²) in [4.78, 5) is 30.3. The van der Waals surface area contributed by atoms with Crippen molar-refractivity contribution in [2.45, 2.75) is 52.7 Å². The highest BCUT2D eigenvalue weighted by molar-refractivity contribution is 5.92. The molecule has 1 N–H and O–H groups in total. The third-order valence-electron chi connectivity index (χ3n) is 4.74. The van der Waals surface area contributed by atoms with E-state index in [9.17, 15) is 9.59 Å². The number of pyridine rings is 1. The van der Waals surface area contributed by atoms with Crippen LogP contribution in [-0.2, 0) is 17.9 Å². The van der Waals surface area contributed by atoms with Gasteiger partial charge in [-0.15, -0.1) is 0 Å². The van der Waals surface area contributed by atoms with Gasteiger partial charge in [0.2, 0.25) is 5.91 Å². The van der Waals surface area contributed by atoms with Crippen LogP contribution in [0.4, 0.5) is 0 Å². The molecule has 0 aromatic carbocycles. The Kier molecular flexibility index (Phi) is 5.35. The number of nitrogens with zero attached hydrogens (tertiary/aromatic N) is 4. The molecule has 1 saturated heterocycles. The molecule has 7 heteroatoms. The Morgan fingerprint density at radius 2 is 2.15 bits per heavy atom. The van der Waals surface area contributed by atoms with E-state index in [0.717, 1.165) is 42.9 Å². The highest BCUT2D eigenvalue weighted by Gasteiger charge is 2.32. The van der Waals surface area contributed by atoms with E-state index in [0.29, 0.717) is 12.2 Å². The van der Waals surface area contributed by atoms with E-state index in [-0.39, 0.29) is 17.9 Å². The van der Waals surface area contributed by atoms with Gasteiger partial charge in [0.1, 0.15) is 0 Å². The first-order valence-electron chi connectivity index (χ1n) is 9.04. The minimum atomic E-state index is -0.0662. The van der Waals surface area contributed by atoms with Crippen LogP contribution in [0.25, 0.3) is 0 Å². The van der Waals surface area contributed by atoms with E-state index < -0.39 is 0 Å². The molecule has 26 heavy (non-hydrogen) atoms. The van der Waals surface area contributed by atoms with Gasteiger partial charge in [0.05, 0.1) is 11.7 Å². The Labute approximate surface area is 153 Å². The van der Waals surface area contributed by atoms with Crippen molar-refractivity contribution in [2.24, 2.45) is 0 Å². The fraction of sp³-hybridized carbons (Fsp3) is 0.474. The lowest BCUT2D eigenvalue weighted by Crippen LogP contribution is -2.31. The quantitative estimate of drug-likeness (QED) is 0.892. The van der Waals surface area contributed by atoms with Gasteiger partial charge in [0.15, 0.2) is 5.69 Å². The average Bonchev–Trinajstić information content (AvgIpc) is 3.26. The minimum absolute atomic E-state index is 0.0237. The molecule has 1 aliphatic rings. The lowest BCUT2D eigenvalue weighted by molar-refractivity contribution is -0.119. The first kappa shape index (κ1) is 18.1. The van der Waals surface area contributed by atoms with Crippen LogP contribution >= 0.6 is 0 Å². The monoisotopic (exact) mass is 355 g/mol. The summed E-state index contributed by atoms with van der Waals surface area (Å²) in [6, 6.07) is 5.73. The molecule has 0 bridgehead atoms. The number of amides is 2. The normalized spacial score (nSPS) is 16.7. The summed E-state index contributed by atoms with van der Waals surface area (Å²) in [5.41, 5.74) is 3.32. The summed E-state index contributed by atoms with van der Waals surface area (Å²) < 4.78 is 1.84. The van der Waals surface area contributed by atoms with E-state index in [1.54, 1.807) is 6.20 Å². The Balaban J connectivity index is 1.75. The van der Waals surface area contributed by atoms with Gasteiger partial charge in [-0.3, -0.25) is 19.3 Å². The maximum atomic E-state index is 12.9. The molecule has 0 aliphatic carbocycles. The van der Waals surface area contributed by atoms with Crippen LogP contribution in [0.3, 0.4) is 0 Å². The topological polar surface area (TPSA) is 80.1 Å². The Morgan fingerprint density at radius 3 is 2.77 bits per heavy atom. The van der Waals surface area contributed by atoms with Crippen LogP contribution in [-0.4, -0.2) is 38.0 Å². The number of aromatic nitrogens is 3. The number of hydrogen-bond donors (Lipinski definition) is 1. The third-order valence-corrected chi connectivity index (χ3v) is 4.74. The predicted octanol–water partition coefficient (Wildman–Crippen LogP) is 2.22. The molecule has 7 nitrogen and oxygen atoms in total. The number of hydrogen-bond acceptors (Lipinski definition) is 4. The molecule has 2 amide bonds. The van der Waals surface area contributed by atoms with Crippen LogP contribution in [0.5, 0.6) is 0 Å². The van der Waals surface area contributed by atoms with Gasteiger partial charge >= 0.3 is 0 Å². The van der Waals surface area contributed by atoms with Crippen LogP contribution in [0.2, 0.25) is 0 Å². The van der Waals surface area contributed by atoms with E-state index >= 15 is 0 Å². The Hall–Kier alpha value is -2.70. The maximum Gasteiger partial charge on any atom is 0.274 e. The van der Waals surface area contributed by atoms with Gasteiger partial charge in [-0.2, -0.15) is 5.10 Å². The summed E-state index contributed by atoms with van der Waals surface area (Å²) in [7, 11) is 0. The number of nitrogens with one attached hydrogen (secondary N) is 1. The molecule has 0 radical (unpaired) electrons. The van der Waals surface area contributed by atoms with Gasteiger partial charge in [-0.1, -0.05) is 6.07 Å². The van der Waals surface area contributed by atoms with Crippen molar-refractivity contribution >= 4 is 11.8 Å². The average molecular weight is 355 g/mol. The van der Waals surface area contributed by atoms with E-state index in [1.807, 2.05) is 41.6 Å². The van der Waals surface area contributed by atoms with E-state index in [2.05, 4.69) is 15.4 Å². The van der Waals surface area contributed by atoms with Gasteiger partial charge in [-0.25, -0.2) is 0 Å². The molecule has 3 rings (SSSR count). The standard InChI is InChI=1S/C19H25N5O2/c1-4-24-13(2)10-17(22-24)19(26)23-9-5-6-18(23)16-8-7-15(12-21-16)11-20-14(3)25/h7-8,10,12,18H,4-6,9,11H2,1-3H3,(H,20,25)/t18-/m0/s1. The van der Waals surface area contributed by atoms with Crippen LogP contribution in [0.1, 0.15) is 60.2 Å². The summed E-state index contributed by atoms with van der Waals surface area (Å²) >= 11 is 0. The van der Waals surface area contributed by atoms with Crippen LogP contribution in [0, 0.1) is 6.92 Å². The molecule has 0 spiro atoms. The molecule has 1 atom stereocenters.